The number of carbonyl (C=O) groups is 1. The lowest BCUT2D eigenvalue weighted by Gasteiger charge is -2.10. The van der Waals surface area contributed by atoms with E-state index in [2.05, 4.69) is 15.6 Å². The van der Waals surface area contributed by atoms with E-state index in [-0.39, 0.29) is 5.91 Å². The van der Waals surface area contributed by atoms with Crippen LogP contribution in [0, 0.1) is 0 Å². The molecular formula is C16H19N3O2. The molecule has 0 saturated carbocycles. The minimum atomic E-state index is -0.194. The Bertz CT molecular complexity index is 609. The molecule has 1 aromatic heterocycles. The number of hydrogen-bond donors (Lipinski definition) is 2. The highest BCUT2D eigenvalue weighted by Crippen LogP contribution is 2.15. The Morgan fingerprint density at radius 2 is 2.05 bits per heavy atom. The monoisotopic (exact) mass is 285 g/mol. The van der Waals surface area contributed by atoms with Crippen LogP contribution in [0.15, 0.2) is 42.6 Å². The smallest absolute Gasteiger partial charge is 0.255 e. The van der Waals surface area contributed by atoms with Gasteiger partial charge in [0.2, 0.25) is 0 Å². The fourth-order valence-corrected chi connectivity index (χ4v) is 1.82. The Kier molecular flexibility index (Phi) is 4.77. The lowest BCUT2D eigenvalue weighted by Crippen LogP contribution is -2.13. The molecule has 1 aromatic carbocycles. The van der Waals surface area contributed by atoms with Crippen molar-refractivity contribution in [1.29, 1.82) is 0 Å². The van der Waals surface area contributed by atoms with E-state index in [4.69, 9.17) is 4.74 Å². The summed E-state index contributed by atoms with van der Waals surface area (Å²) in [4.78, 5) is 16.4. The summed E-state index contributed by atoms with van der Waals surface area (Å²) in [6.07, 6.45) is 1.63. The molecule has 0 aliphatic rings. The zero-order chi connectivity index (χ0) is 15.2. The van der Waals surface area contributed by atoms with Gasteiger partial charge >= 0.3 is 0 Å². The fourth-order valence-electron chi connectivity index (χ4n) is 1.82. The van der Waals surface area contributed by atoms with Gasteiger partial charge in [-0.15, -0.1) is 0 Å². The van der Waals surface area contributed by atoms with Gasteiger partial charge in [-0.25, -0.2) is 4.98 Å². The van der Waals surface area contributed by atoms with E-state index >= 15 is 0 Å². The molecule has 0 atom stereocenters. The van der Waals surface area contributed by atoms with Gasteiger partial charge in [0.1, 0.15) is 11.6 Å². The quantitative estimate of drug-likeness (QED) is 0.885. The highest BCUT2D eigenvalue weighted by Gasteiger charge is 2.07. The summed E-state index contributed by atoms with van der Waals surface area (Å²) in [6, 6.07) is 11.0. The van der Waals surface area contributed by atoms with Crippen LogP contribution < -0.4 is 15.4 Å². The molecule has 0 bridgehead atoms. The third kappa shape index (κ3) is 4.21. The van der Waals surface area contributed by atoms with E-state index in [1.165, 1.54) is 0 Å². The van der Waals surface area contributed by atoms with Crippen LogP contribution in [0.1, 0.15) is 24.2 Å². The molecule has 5 nitrogen and oxygen atoms in total. The molecule has 21 heavy (non-hydrogen) atoms. The number of carbonyl (C=O) groups excluding carboxylic acids is 1. The van der Waals surface area contributed by atoms with Crippen molar-refractivity contribution in [2.45, 2.75) is 19.9 Å². The van der Waals surface area contributed by atoms with Crippen molar-refractivity contribution in [2.75, 3.05) is 17.7 Å². The van der Waals surface area contributed by atoms with Gasteiger partial charge < -0.3 is 15.4 Å². The first-order valence-electron chi connectivity index (χ1n) is 6.76. The Hall–Kier alpha value is -2.56. The number of aromatic nitrogens is 1. The first-order valence-corrected chi connectivity index (χ1v) is 6.76. The number of nitrogens with zero attached hydrogens (tertiary/aromatic N) is 1. The zero-order valence-corrected chi connectivity index (χ0v) is 12.4. The SMILES string of the molecule is COc1cccc(C(=O)Nc2ccc(NC(C)C)nc2)c1. The molecule has 1 amide bonds. The fraction of sp³-hybridized carbons (Fsp3) is 0.250. The topological polar surface area (TPSA) is 63.2 Å². The average molecular weight is 285 g/mol. The summed E-state index contributed by atoms with van der Waals surface area (Å²) in [5.74, 6) is 1.24. The summed E-state index contributed by atoms with van der Waals surface area (Å²) in [5, 5.41) is 6.00. The van der Waals surface area contributed by atoms with E-state index in [9.17, 15) is 4.79 Å². The van der Waals surface area contributed by atoms with Gasteiger partial charge in [0.25, 0.3) is 5.91 Å². The third-order valence-corrected chi connectivity index (χ3v) is 2.79. The van der Waals surface area contributed by atoms with E-state index in [1.807, 2.05) is 26.0 Å². The van der Waals surface area contributed by atoms with Gasteiger partial charge in [-0.1, -0.05) is 6.07 Å². The summed E-state index contributed by atoms with van der Waals surface area (Å²) in [5.41, 5.74) is 1.19. The number of methoxy groups -OCH3 is 1. The molecule has 0 unspecified atom stereocenters. The molecule has 0 saturated heterocycles. The summed E-state index contributed by atoms with van der Waals surface area (Å²) < 4.78 is 5.11. The van der Waals surface area contributed by atoms with Gasteiger partial charge in [-0.3, -0.25) is 4.79 Å². The molecule has 2 N–H and O–H groups in total. The Morgan fingerprint density at radius 3 is 2.67 bits per heavy atom. The summed E-state index contributed by atoms with van der Waals surface area (Å²) >= 11 is 0. The standard InChI is InChI=1S/C16H19N3O2/c1-11(2)18-15-8-7-13(10-17-15)19-16(20)12-5-4-6-14(9-12)21-3/h4-11H,1-3H3,(H,17,18)(H,19,20). The second kappa shape index (κ2) is 6.74. The number of pyridine rings is 1. The summed E-state index contributed by atoms with van der Waals surface area (Å²) in [7, 11) is 1.57. The Balaban J connectivity index is 2.05. The third-order valence-electron chi connectivity index (χ3n) is 2.79. The molecular weight excluding hydrogens is 266 g/mol. The predicted molar refractivity (Wildman–Crippen MR) is 83.9 cm³/mol. The minimum absolute atomic E-state index is 0.194. The number of benzene rings is 1. The van der Waals surface area contributed by atoms with Crippen LogP contribution >= 0.6 is 0 Å². The molecule has 110 valence electrons. The maximum atomic E-state index is 12.1. The first-order chi connectivity index (χ1) is 10.1. The van der Waals surface area contributed by atoms with Gasteiger partial charge in [0.05, 0.1) is 19.0 Å². The van der Waals surface area contributed by atoms with Gasteiger partial charge in [0, 0.05) is 11.6 Å². The minimum Gasteiger partial charge on any atom is -0.497 e. The van der Waals surface area contributed by atoms with Crippen LogP contribution in [0.25, 0.3) is 0 Å². The summed E-state index contributed by atoms with van der Waals surface area (Å²) in [6.45, 7) is 4.08. The van der Waals surface area contributed by atoms with E-state index in [0.29, 0.717) is 23.0 Å². The number of rotatable bonds is 5. The van der Waals surface area contributed by atoms with Crippen molar-refractivity contribution in [2.24, 2.45) is 0 Å². The largest absolute Gasteiger partial charge is 0.497 e. The van der Waals surface area contributed by atoms with Crippen LogP contribution in [0.3, 0.4) is 0 Å². The Labute approximate surface area is 124 Å². The molecule has 2 rings (SSSR count). The number of anilines is 2. The van der Waals surface area contributed by atoms with Crippen molar-refractivity contribution in [3.05, 3.63) is 48.2 Å². The van der Waals surface area contributed by atoms with Crippen molar-refractivity contribution in [3.8, 4) is 5.75 Å². The molecule has 0 spiro atoms. The second-order valence-electron chi connectivity index (χ2n) is 4.92. The molecule has 5 heteroatoms. The molecule has 0 aliphatic heterocycles. The highest BCUT2D eigenvalue weighted by molar-refractivity contribution is 6.04. The van der Waals surface area contributed by atoms with Gasteiger partial charge in [-0.05, 0) is 44.2 Å². The van der Waals surface area contributed by atoms with E-state index in [0.717, 1.165) is 5.82 Å². The number of hydrogen-bond acceptors (Lipinski definition) is 4. The molecule has 1 heterocycles. The van der Waals surface area contributed by atoms with E-state index < -0.39 is 0 Å². The predicted octanol–water partition coefficient (Wildman–Crippen LogP) is 3.16. The molecule has 2 aromatic rings. The van der Waals surface area contributed by atoms with Crippen molar-refractivity contribution >= 4 is 17.4 Å². The van der Waals surface area contributed by atoms with Crippen LogP contribution in [0.5, 0.6) is 5.75 Å². The Morgan fingerprint density at radius 1 is 1.24 bits per heavy atom. The van der Waals surface area contributed by atoms with Crippen LogP contribution in [0.2, 0.25) is 0 Å². The maximum absolute atomic E-state index is 12.1. The maximum Gasteiger partial charge on any atom is 0.255 e. The van der Waals surface area contributed by atoms with Crippen LogP contribution in [0.4, 0.5) is 11.5 Å². The zero-order valence-electron chi connectivity index (χ0n) is 12.4. The normalized spacial score (nSPS) is 10.3. The van der Waals surface area contributed by atoms with Crippen molar-refractivity contribution < 1.29 is 9.53 Å². The van der Waals surface area contributed by atoms with Gasteiger partial charge in [-0.2, -0.15) is 0 Å². The lowest BCUT2D eigenvalue weighted by molar-refractivity contribution is 0.102. The first kappa shape index (κ1) is 14.8. The van der Waals surface area contributed by atoms with Crippen molar-refractivity contribution in [3.63, 3.8) is 0 Å². The molecule has 0 radical (unpaired) electrons. The molecule has 0 fully saturated rings. The van der Waals surface area contributed by atoms with Crippen LogP contribution in [-0.4, -0.2) is 24.0 Å². The van der Waals surface area contributed by atoms with E-state index in [1.54, 1.807) is 37.6 Å². The molecule has 0 aliphatic carbocycles. The number of nitrogens with one attached hydrogen (secondary N) is 2. The average Bonchev–Trinajstić information content (AvgIpc) is 2.49. The second-order valence-corrected chi connectivity index (χ2v) is 4.92. The van der Waals surface area contributed by atoms with Crippen molar-refractivity contribution in [1.82, 2.24) is 4.98 Å². The lowest BCUT2D eigenvalue weighted by atomic mass is 10.2. The van der Waals surface area contributed by atoms with Crippen LogP contribution in [-0.2, 0) is 0 Å². The number of amides is 1. The number of ether oxygens (including phenoxy) is 1. The van der Waals surface area contributed by atoms with Gasteiger partial charge in [0.15, 0.2) is 0 Å². The highest BCUT2D eigenvalue weighted by atomic mass is 16.5.